The van der Waals surface area contributed by atoms with Crippen LogP contribution in [-0.4, -0.2) is 12.1 Å². The molecule has 0 saturated carbocycles. The molecule has 0 spiro atoms. The molecule has 84 valence electrons. The van der Waals surface area contributed by atoms with Gasteiger partial charge in [-0.3, -0.25) is 0 Å². The molecule has 2 heterocycles. The molecule has 0 atom stereocenters. The molecule has 0 saturated heterocycles. The third-order valence-electron chi connectivity index (χ3n) is 2.04. The third kappa shape index (κ3) is 2.96. The topological polar surface area (TPSA) is 34.1 Å². The number of hydrogen-bond acceptors (Lipinski definition) is 4. The minimum absolute atomic E-state index is 0.774. The Bertz CT molecular complexity index is 473. The monoisotopic (exact) mass is 298 g/mol. The van der Waals surface area contributed by atoms with Crippen LogP contribution in [0.25, 0.3) is 0 Å². The van der Waals surface area contributed by atoms with E-state index in [-0.39, 0.29) is 0 Å². The van der Waals surface area contributed by atoms with Crippen LogP contribution in [0.1, 0.15) is 4.88 Å². The van der Waals surface area contributed by atoms with E-state index in [1.807, 2.05) is 18.2 Å². The average Bonchev–Trinajstić information content (AvgIpc) is 2.73. The molecule has 0 aliphatic carbocycles. The molecule has 16 heavy (non-hydrogen) atoms. The molecule has 0 aromatic carbocycles. The Kier molecular flexibility index (Phi) is 3.79. The first-order valence-corrected chi connectivity index (χ1v) is 6.37. The number of pyridine rings is 1. The molecule has 2 aromatic rings. The maximum Gasteiger partial charge on any atom is 0.129 e. The molecule has 2 rings (SSSR count). The Morgan fingerprint density at radius 3 is 3.00 bits per heavy atom. The zero-order valence-corrected chi connectivity index (χ0v) is 11.1. The summed E-state index contributed by atoms with van der Waals surface area (Å²) in [6.45, 7) is 0.774. The number of thiophene rings is 1. The molecule has 1 N–H and O–H groups in total. The van der Waals surface area contributed by atoms with Gasteiger partial charge in [0.2, 0.25) is 0 Å². The second-order valence-corrected chi connectivity index (χ2v) is 5.69. The van der Waals surface area contributed by atoms with E-state index in [0.717, 1.165) is 21.9 Å². The van der Waals surface area contributed by atoms with Gasteiger partial charge in [-0.05, 0) is 34.1 Å². The summed E-state index contributed by atoms with van der Waals surface area (Å²) in [6.07, 6.45) is 1.73. The minimum Gasteiger partial charge on any atom is -0.497 e. The number of halogens is 1. The third-order valence-corrected chi connectivity index (χ3v) is 3.66. The highest BCUT2D eigenvalue weighted by molar-refractivity contribution is 9.11. The first kappa shape index (κ1) is 11.4. The summed E-state index contributed by atoms with van der Waals surface area (Å²) in [5.74, 6) is 1.63. The zero-order valence-electron chi connectivity index (χ0n) is 8.74. The Morgan fingerprint density at radius 1 is 1.44 bits per heavy atom. The first-order valence-electron chi connectivity index (χ1n) is 4.76. The van der Waals surface area contributed by atoms with Gasteiger partial charge in [-0.25, -0.2) is 4.98 Å². The highest BCUT2D eigenvalue weighted by atomic mass is 79.9. The summed E-state index contributed by atoms with van der Waals surface area (Å²) in [5, 5.41) is 3.25. The van der Waals surface area contributed by atoms with Crippen molar-refractivity contribution < 1.29 is 4.74 Å². The SMILES string of the molecule is COc1ccnc(NCc2ccc(Br)s2)c1. The van der Waals surface area contributed by atoms with Gasteiger partial charge in [0.15, 0.2) is 0 Å². The highest BCUT2D eigenvalue weighted by Gasteiger charge is 1.99. The van der Waals surface area contributed by atoms with Gasteiger partial charge in [0.05, 0.1) is 17.4 Å². The van der Waals surface area contributed by atoms with E-state index in [1.165, 1.54) is 4.88 Å². The number of nitrogens with zero attached hydrogens (tertiary/aromatic N) is 1. The summed E-state index contributed by atoms with van der Waals surface area (Å²) in [6, 6.07) is 7.83. The summed E-state index contributed by atoms with van der Waals surface area (Å²) in [5.41, 5.74) is 0. The lowest BCUT2D eigenvalue weighted by molar-refractivity contribution is 0.414. The number of aromatic nitrogens is 1. The summed E-state index contributed by atoms with van der Waals surface area (Å²) < 4.78 is 6.27. The van der Waals surface area contributed by atoms with Gasteiger partial charge in [0, 0.05) is 17.1 Å². The van der Waals surface area contributed by atoms with Crippen molar-refractivity contribution in [2.75, 3.05) is 12.4 Å². The molecule has 0 aliphatic heterocycles. The largest absolute Gasteiger partial charge is 0.497 e. The smallest absolute Gasteiger partial charge is 0.129 e. The van der Waals surface area contributed by atoms with Crippen LogP contribution in [0.15, 0.2) is 34.2 Å². The average molecular weight is 299 g/mol. The predicted octanol–water partition coefficient (Wildman–Crippen LogP) is 3.53. The Morgan fingerprint density at radius 2 is 2.31 bits per heavy atom. The molecule has 0 unspecified atom stereocenters. The zero-order chi connectivity index (χ0) is 11.4. The van der Waals surface area contributed by atoms with Gasteiger partial charge in [-0.2, -0.15) is 0 Å². The first-order chi connectivity index (χ1) is 7.78. The summed E-state index contributed by atoms with van der Waals surface area (Å²) >= 11 is 5.15. The number of hydrogen-bond donors (Lipinski definition) is 1. The molecular formula is C11H11BrN2OS. The highest BCUT2D eigenvalue weighted by Crippen LogP contribution is 2.23. The maximum absolute atomic E-state index is 5.13. The van der Waals surface area contributed by atoms with Crippen LogP contribution >= 0.6 is 27.3 Å². The number of anilines is 1. The van der Waals surface area contributed by atoms with E-state index < -0.39 is 0 Å². The van der Waals surface area contributed by atoms with Gasteiger partial charge in [-0.1, -0.05) is 0 Å². The van der Waals surface area contributed by atoms with Gasteiger partial charge >= 0.3 is 0 Å². The number of nitrogens with one attached hydrogen (secondary N) is 1. The van der Waals surface area contributed by atoms with E-state index in [9.17, 15) is 0 Å². The van der Waals surface area contributed by atoms with Crippen molar-refractivity contribution in [1.82, 2.24) is 4.98 Å². The number of rotatable bonds is 4. The van der Waals surface area contributed by atoms with Crippen LogP contribution in [0.4, 0.5) is 5.82 Å². The summed E-state index contributed by atoms with van der Waals surface area (Å²) in [4.78, 5) is 5.47. The fraction of sp³-hybridized carbons (Fsp3) is 0.182. The van der Waals surface area contributed by atoms with E-state index in [4.69, 9.17) is 4.74 Å². The van der Waals surface area contributed by atoms with Crippen LogP contribution in [0, 0.1) is 0 Å². The second-order valence-electron chi connectivity index (χ2n) is 3.14. The van der Waals surface area contributed by atoms with Gasteiger partial charge in [0.1, 0.15) is 11.6 Å². The normalized spacial score (nSPS) is 10.1. The molecule has 0 fully saturated rings. The molecule has 3 nitrogen and oxygen atoms in total. The van der Waals surface area contributed by atoms with Crippen molar-refractivity contribution in [3.63, 3.8) is 0 Å². The Balaban J connectivity index is 1.99. The van der Waals surface area contributed by atoms with Gasteiger partial charge < -0.3 is 10.1 Å². The van der Waals surface area contributed by atoms with Crippen LogP contribution in [0.5, 0.6) is 5.75 Å². The maximum atomic E-state index is 5.13. The van der Waals surface area contributed by atoms with Crippen molar-refractivity contribution in [2.45, 2.75) is 6.54 Å². The Hall–Kier alpha value is -1.07. The summed E-state index contributed by atoms with van der Waals surface area (Å²) in [7, 11) is 1.65. The molecule has 0 amide bonds. The lowest BCUT2D eigenvalue weighted by Crippen LogP contribution is -1.99. The van der Waals surface area contributed by atoms with Crippen LogP contribution < -0.4 is 10.1 Å². The van der Waals surface area contributed by atoms with Crippen molar-refractivity contribution >= 4 is 33.1 Å². The Labute approximate surface area is 107 Å². The van der Waals surface area contributed by atoms with E-state index >= 15 is 0 Å². The fourth-order valence-electron chi connectivity index (χ4n) is 1.26. The van der Waals surface area contributed by atoms with Crippen LogP contribution in [0.2, 0.25) is 0 Å². The molecule has 5 heteroatoms. The quantitative estimate of drug-likeness (QED) is 0.938. The van der Waals surface area contributed by atoms with Crippen LogP contribution in [0.3, 0.4) is 0 Å². The molecule has 2 aromatic heterocycles. The van der Waals surface area contributed by atoms with E-state index in [0.29, 0.717) is 0 Å². The van der Waals surface area contributed by atoms with Gasteiger partial charge in [0.25, 0.3) is 0 Å². The molecule has 0 aliphatic rings. The van der Waals surface area contributed by atoms with E-state index in [1.54, 1.807) is 24.6 Å². The van der Waals surface area contributed by atoms with Crippen LogP contribution in [-0.2, 0) is 6.54 Å². The van der Waals surface area contributed by atoms with E-state index in [2.05, 4.69) is 32.3 Å². The second kappa shape index (κ2) is 5.32. The standard InChI is InChI=1S/C11H11BrN2OS/c1-15-8-4-5-13-11(6-8)14-7-9-2-3-10(12)16-9/h2-6H,7H2,1H3,(H,13,14). The van der Waals surface area contributed by atoms with Gasteiger partial charge in [-0.15, -0.1) is 11.3 Å². The number of methoxy groups -OCH3 is 1. The van der Waals surface area contributed by atoms with Crippen molar-refractivity contribution in [3.05, 3.63) is 39.1 Å². The van der Waals surface area contributed by atoms with Crippen molar-refractivity contribution in [3.8, 4) is 5.75 Å². The predicted molar refractivity (Wildman–Crippen MR) is 70.1 cm³/mol. The minimum atomic E-state index is 0.774. The van der Waals surface area contributed by atoms with Crippen molar-refractivity contribution in [2.24, 2.45) is 0 Å². The molecular weight excluding hydrogens is 288 g/mol. The number of ether oxygens (including phenoxy) is 1. The van der Waals surface area contributed by atoms with Crippen molar-refractivity contribution in [1.29, 1.82) is 0 Å². The lowest BCUT2D eigenvalue weighted by atomic mass is 10.4. The lowest BCUT2D eigenvalue weighted by Gasteiger charge is -2.05. The molecule has 0 radical (unpaired) electrons. The molecule has 0 bridgehead atoms. The fourth-order valence-corrected chi connectivity index (χ4v) is 2.68.